The van der Waals surface area contributed by atoms with Crippen LogP contribution in [0.3, 0.4) is 0 Å². The van der Waals surface area contributed by atoms with E-state index in [0.717, 1.165) is 13.0 Å². The third-order valence-electron chi connectivity index (χ3n) is 3.61. The van der Waals surface area contributed by atoms with E-state index in [4.69, 9.17) is 11.6 Å². The Morgan fingerprint density at radius 1 is 1.44 bits per heavy atom. The van der Waals surface area contributed by atoms with Gasteiger partial charge in [-0.15, -0.1) is 11.6 Å². The lowest BCUT2D eigenvalue weighted by molar-refractivity contribution is 0.117. The van der Waals surface area contributed by atoms with Gasteiger partial charge in [-0.05, 0) is 24.8 Å². The highest BCUT2D eigenvalue weighted by atomic mass is 35.5. The molecule has 1 aliphatic carbocycles. The molecule has 1 aliphatic rings. The number of hydrogen-bond donors (Lipinski definition) is 1. The van der Waals surface area contributed by atoms with Gasteiger partial charge >= 0.3 is 0 Å². The first-order valence-corrected chi connectivity index (χ1v) is 8.13. The van der Waals surface area contributed by atoms with Gasteiger partial charge in [0.25, 0.3) is 0 Å². The maximum Gasteiger partial charge on any atom is 0.150 e. The Bertz CT molecular complexity index is 327. The fourth-order valence-corrected chi connectivity index (χ4v) is 3.13. The van der Waals surface area contributed by atoms with E-state index in [1.807, 2.05) is 0 Å². The van der Waals surface area contributed by atoms with Crippen LogP contribution in [0.4, 0.5) is 0 Å². The normalized spacial score (nSPS) is 28.8. The molecule has 2 unspecified atom stereocenters. The summed E-state index contributed by atoms with van der Waals surface area (Å²) in [6.07, 6.45) is 1.67. The predicted molar refractivity (Wildman–Crippen MR) is 68.8 cm³/mol. The lowest BCUT2D eigenvalue weighted by Crippen LogP contribution is -2.58. The molecule has 1 fully saturated rings. The van der Waals surface area contributed by atoms with Gasteiger partial charge < -0.3 is 5.32 Å². The summed E-state index contributed by atoms with van der Waals surface area (Å²) in [5.41, 5.74) is 0.130. The van der Waals surface area contributed by atoms with E-state index in [2.05, 4.69) is 19.2 Å². The predicted octanol–water partition coefficient (Wildman–Crippen LogP) is 1.81. The first-order valence-electron chi connectivity index (χ1n) is 5.87. The molecule has 1 N–H and O–H groups in total. The molecule has 2 atom stereocenters. The Morgan fingerprint density at radius 2 is 2.06 bits per heavy atom. The fraction of sp³-hybridized carbons (Fsp3) is 1.00. The van der Waals surface area contributed by atoms with Crippen LogP contribution in [-0.2, 0) is 9.84 Å². The average molecular weight is 268 g/mol. The van der Waals surface area contributed by atoms with Gasteiger partial charge in [-0.3, -0.25) is 0 Å². The lowest BCUT2D eigenvalue weighted by Gasteiger charge is -2.49. The van der Waals surface area contributed by atoms with Crippen molar-refractivity contribution in [1.29, 1.82) is 0 Å². The minimum Gasteiger partial charge on any atom is -0.313 e. The lowest BCUT2D eigenvalue weighted by atomic mass is 9.67. The molecule has 0 bridgehead atoms. The summed E-state index contributed by atoms with van der Waals surface area (Å²) in [7, 11) is -2.81. The van der Waals surface area contributed by atoms with E-state index >= 15 is 0 Å². The average Bonchev–Trinajstić information content (AvgIpc) is 2.22. The molecule has 0 aromatic heterocycles. The standard InChI is InChI=1S/C11H22ClNO2S/c1-4-16(14,15)7-5-6-13-10-8-9(12)11(10,2)3/h9-10,13H,4-8H2,1-3H3. The Labute approximate surface area is 104 Å². The Hall–Kier alpha value is 0.200. The van der Waals surface area contributed by atoms with Gasteiger partial charge in [0.15, 0.2) is 0 Å². The summed E-state index contributed by atoms with van der Waals surface area (Å²) in [6, 6.07) is 0.430. The first-order chi connectivity index (χ1) is 7.29. The van der Waals surface area contributed by atoms with Crippen LogP contribution < -0.4 is 5.32 Å². The third-order valence-corrected chi connectivity index (χ3v) is 6.14. The molecule has 0 radical (unpaired) electrons. The van der Waals surface area contributed by atoms with Crippen LogP contribution in [0.15, 0.2) is 0 Å². The summed E-state index contributed by atoms with van der Waals surface area (Å²) >= 11 is 6.11. The van der Waals surface area contributed by atoms with Crippen molar-refractivity contribution >= 4 is 21.4 Å². The van der Waals surface area contributed by atoms with Crippen LogP contribution in [0, 0.1) is 5.41 Å². The molecule has 5 heteroatoms. The van der Waals surface area contributed by atoms with Gasteiger partial charge in [-0.25, -0.2) is 8.42 Å². The zero-order chi connectivity index (χ0) is 12.4. The summed E-state index contributed by atoms with van der Waals surface area (Å²) < 4.78 is 22.5. The molecular formula is C11H22ClNO2S. The monoisotopic (exact) mass is 267 g/mol. The van der Waals surface area contributed by atoms with Crippen molar-refractivity contribution in [2.75, 3.05) is 18.1 Å². The van der Waals surface area contributed by atoms with Gasteiger partial charge in [0, 0.05) is 17.2 Å². The maximum absolute atomic E-state index is 11.3. The summed E-state index contributed by atoms with van der Waals surface area (Å²) in [6.45, 7) is 6.75. The van der Waals surface area contributed by atoms with E-state index in [-0.39, 0.29) is 22.3 Å². The molecule has 0 heterocycles. The number of hydrogen-bond acceptors (Lipinski definition) is 3. The second kappa shape index (κ2) is 5.23. The van der Waals surface area contributed by atoms with E-state index < -0.39 is 9.84 Å². The van der Waals surface area contributed by atoms with Crippen LogP contribution in [0.5, 0.6) is 0 Å². The van der Waals surface area contributed by atoms with Gasteiger partial charge in [0.05, 0.1) is 5.75 Å². The second-order valence-electron chi connectivity index (χ2n) is 5.12. The zero-order valence-corrected chi connectivity index (χ0v) is 11.9. The highest BCUT2D eigenvalue weighted by Gasteiger charge is 2.46. The summed E-state index contributed by atoms with van der Waals surface area (Å²) in [5, 5.41) is 3.63. The molecule has 0 saturated heterocycles. The van der Waals surface area contributed by atoms with Crippen molar-refractivity contribution in [2.45, 2.75) is 45.0 Å². The number of nitrogens with one attached hydrogen (secondary N) is 1. The third kappa shape index (κ3) is 3.34. The van der Waals surface area contributed by atoms with Crippen LogP contribution in [0.25, 0.3) is 0 Å². The van der Waals surface area contributed by atoms with Crippen molar-refractivity contribution in [3.05, 3.63) is 0 Å². The first kappa shape index (κ1) is 14.3. The number of halogens is 1. The van der Waals surface area contributed by atoms with Gasteiger partial charge in [0.2, 0.25) is 0 Å². The van der Waals surface area contributed by atoms with Crippen LogP contribution >= 0.6 is 11.6 Å². The van der Waals surface area contributed by atoms with Gasteiger partial charge in [0.1, 0.15) is 9.84 Å². The van der Waals surface area contributed by atoms with Crippen molar-refractivity contribution in [3.8, 4) is 0 Å². The Kier molecular flexibility index (Phi) is 4.66. The Morgan fingerprint density at radius 3 is 2.50 bits per heavy atom. The van der Waals surface area contributed by atoms with Crippen molar-refractivity contribution in [2.24, 2.45) is 5.41 Å². The van der Waals surface area contributed by atoms with Gasteiger partial charge in [-0.2, -0.15) is 0 Å². The highest BCUT2D eigenvalue weighted by molar-refractivity contribution is 7.91. The van der Waals surface area contributed by atoms with E-state index in [1.54, 1.807) is 6.92 Å². The number of rotatable bonds is 6. The molecule has 0 aliphatic heterocycles. The van der Waals surface area contributed by atoms with Crippen molar-refractivity contribution in [3.63, 3.8) is 0 Å². The topological polar surface area (TPSA) is 46.2 Å². The zero-order valence-electron chi connectivity index (χ0n) is 10.3. The summed E-state index contributed by atoms with van der Waals surface area (Å²) in [5.74, 6) is 0.527. The molecule has 1 saturated carbocycles. The second-order valence-corrected chi connectivity index (χ2v) is 8.12. The molecular weight excluding hydrogens is 246 g/mol. The number of sulfone groups is 1. The van der Waals surface area contributed by atoms with E-state index in [9.17, 15) is 8.42 Å². The SMILES string of the molecule is CCS(=O)(=O)CCCNC1CC(Cl)C1(C)C. The molecule has 0 aromatic carbocycles. The van der Waals surface area contributed by atoms with E-state index in [0.29, 0.717) is 12.5 Å². The largest absolute Gasteiger partial charge is 0.313 e. The van der Waals surface area contributed by atoms with Crippen LogP contribution in [0.2, 0.25) is 0 Å². The van der Waals surface area contributed by atoms with Crippen LogP contribution in [-0.4, -0.2) is 37.9 Å². The molecule has 0 spiro atoms. The molecule has 3 nitrogen and oxygen atoms in total. The summed E-state index contributed by atoms with van der Waals surface area (Å²) in [4.78, 5) is 0. The smallest absolute Gasteiger partial charge is 0.150 e. The van der Waals surface area contributed by atoms with E-state index in [1.165, 1.54) is 0 Å². The van der Waals surface area contributed by atoms with Gasteiger partial charge in [-0.1, -0.05) is 20.8 Å². The minimum atomic E-state index is -2.81. The quantitative estimate of drug-likeness (QED) is 0.590. The molecule has 96 valence electrons. The maximum atomic E-state index is 11.3. The molecule has 0 amide bonds. The van der Waals surface area contributed by atoms with Crippen molar-refractivity contribution in [1.82, 2.24) is 5.32 Å². The minimum absolute atomic E-state index is 0.130. The molecule has 16 heavy (non-hydrogen) atoms. The van der Waals surface area contributed by atoms with Crippen molar-refractivity contribution < 1.29 is 8.42 Å². The van der Waals surface area contributed by atoms with Crippen LogP contribution in [0.1, 0.15) is 33.6 Å². The molecule has 0 aromatic rings. The highest BCUT2D eigenvalue weighted by Crippen LogP contribution is 2.44. The number of alkyl halides is 1. The Balaban J connectivity index is 2.19. The fourth-order valence-electron chi connectivity index (χ4n) is 1.93. The molecule has 1 rings (SSSR count).